The fraction of sp³-hybridized carbons (Fsp3) is 0.294. The van der Waals surface area contributed by atoms with E-state index in [-0.39, 0.29) is 0 Å². The van der Waals surface area contributed by atoms with Crippen LogP contribution in [0.2, 0.25) is 0 Å². The van der Waals surface area contributed by atoms with Gasteiger partial charge in [0, 0.05) is 0 Å². The molecule has 0 aliphatic heterocycles. The van der Waals surface area contributed by atoms with Gasteiger partial charge in [-0.05, 0) is 43.0 Å². The summed E-state index contributed by atoms with van der Waals surface area (Å²) in [5.74, 6) is 0.813. The number of para-hydroxylation sites is 1. The summed E-state index contributed by atoms with van der Waals surface area (Å²) < 4.78 is 0. The van der Waals surface area contributed by atoms with Gasteiger partial charge in [-0.1, -0.05) is 49.7 Å². The molecule has 0 spiro atoms. The Morgan fingerprint density at radius 1 is 0.789 bits per heavy atom. The summed E-state index contributed by atoms with van der Waals surface area (Å²) in [7, 11) is 0. The van der Waals surface area contributed by atoms with E-state index in [0.29, 0.717) is 11.5 Å². The number of hydrogen-bond donors (Lipinski definition) is 2. The second kappa shape index (κ2) is 7.47. The first-order valence-electron chi connectivity index (χ1n) is 6.63. The lowest BCUT2D eigenvalue weighted by atomic mass is 10.1. The van der Waals surface area contributed by atoms with E-state index >= 15 is 0 Å². The first-order valence-corrected chi connectivity index (χ1v) is 6.63. The van der Waals surface area contributed by atoms with Crippen LogP contribution in [0.5, 0.6) is 11.5 Å². The molecule has 0 aliphatic rings. The molecule has 0 aromatic heterocycles. The van der Waals surface area contributed by atoms with E-state index < -0.39 is 0 Å². The number of benzene rings is 2. The Bertz CT molecular complexity index is 518. The summed E-state index contributed by atoms with van der Waals surface area (Å²) in [6.07, 6.45) is 1.79. The lowest BCUT2D eigenvalue weighted by molar-refractivity contribution is 0.468. The second-order valence-corrected chi connectivity index (χ2v) is 4.47. The Labute approximate surface area is 115 Å². The summed E-state index contributed by atoms with van der Waals surface area (Å²) in [6, 6.07) is 13.1. The Morgan fingerprint density at radius 2 is 1.37 bits per heavy atom. The van der Waals surface area contributed by atoms with Gasteiger partial charge in [0.05, 0.1) is 0 Å². The minimum Gasteiger partial charge on any atom is -0.508 e. The summed E-state index contributed by atoms with van der Waals surface area (Å²) in [4.78, 5) is 0. The lowest BCUT2D eigenvalue weighted by Crippen LogP contribution is -1.81. The van der Waals surface area contributed by atoms with Crippen LogP contribution >= 0.6 is 0 Å². The number of phenols is 2. The zero-order chi connectivity index (χ0) is 14.3. The third-order valence-electron chi connectivity index (χ3n) is 2.99. The predicted octanol–water partition coefficient (Wildman–Crippen LogP) is 4.22. The van der Waals surface area contributed by atoms with E-state index in [2.05, 4.69) is 0 Å². The fourth-order valence-corrected chi connectivity index (χ4v) is 1.81. The van der Waals surface area contributed by atoms with Crippen molar-refractivity contribution in [1.82, 2.24) is 0 Å². The third kappa shape index (κ3) is 4.66. The molecular weight excluding hydrogens is 236 g/mol. The molecule has 0 amide bonds. The molecule has 0 fully saturated rings. The van der Waals surface area contributed by atoms with Crippen LogP contribution in [0.15, 0.2) is 42.5 Å². The molecule has 0 heterocycles. The van der Waals surface area contributed by atoms with Crippen molar-refractivity contribution in [2.45, 2.75) is 33.6 Å². The van der Waals surface area contributed by atoms with Crippen molar-refractivity contribution in [2.75, 3.05) is 0 Å². The third-order valence-corrected chi connectivity index (χ3v) is 2.99. The Morgan fingerprint density at radius 3 is 1.84 bits per heavy atom. The zero-order valence-corrected chi connectivity index (χ0v) is 11.9. The number of aryl methyl sites for hydroxylation is 3. The standard InChI is InChI=1S/C9H12O.C8H10O/c1-3-8-6-7(2)4-5-9(8)10;1-2-7-5-3-4-6-8(7)9/h4-6,10H,3H2,1-2H3;3-6,9H,2H2,1H3. The van der Waals surface area contributed by atoms with Crippen LogP contribution in [-0.2, 0) is 12.8 Å². The van der Waals surface area contributed by atoms with Crippen molar-refractivity contribution in [1.29, 1.82) is 0 Å². The van der Waals surface area contributed by atoms with Crippen molar-refractivity contribution < 1.29 is 10.2 Å². The first kappa shape index (κ1) is 15.1. The molecule has 2 heteroatoms. The van der Waals surface area contributed by atoms with E-state index in [0.717, 1.165) is 24.0 Å². The molecule has 0 aliphatic carbocycles. The molecule has 2 nitrogen and oxygen atoms in total. The second-order valence-electron chi connectivity index (χ2n) is 4.47. The molecule has 2 aromatic rings. The van der Waals surface area contributed by atoms with E-state index in [9.17, 15) is 5.11 Å². The first-order chi connectivity index (χ1) is 9.08. The van der Waals surface area contributed by atoms with Gasteiger partial charge in [-0.15, -0.1) is 0 Å². The van der Waals surface area contributed by atoms with Crippen LogP contribution in [0.1, 0.15) is 30.5 Å². The number of hydrogen-bond acceptors (Lipinski definition) is 2. The van der Waals surface area contributed by atoms with E-state index in [1.807, 2.05) is 51.1 Å². The molecule has 0 bridgehead atoms. The number of phenolic OH excluding ortho intramolecular Hbond substituents is 2. The highest BCUT2D eigenvalue weighted by atomic mass is 16.3. The van der Waals surface area contributed by atoms with Gasteiger partial charge in [0.25, 0.3) is 0 Å². The molecule has 2 N–H and O–H groups in total. The highest BCUT2D eigenvalue weighted by Gasteiger charge is 1.96. The van der Waals surface area contributed by atoms with Crippen LogP contribution in [0.4, 0.5) is 0 Å². The summed E-state index contributed by atoms with van der Waals surface area (Å²) in [5, 5.41) is 18.3. The maximum Gasteiger partial charge on any atom is 0.118 e. The maximum absolute atomic E-state index is 9.23. The normalized spacial score (nSPS) is 9.63. The topological polar surface area (TPSA) is 40.5 Å². The molecule has 2 rings (SSSR count). The van der Waals surface area contributed by atoms with Crippen LogP contribution in [0.3, 0.4) is 0 Å². The average molecular weight is 258 g/mol. The molecule has 0 saturated carbocycles. The van der Waals surface area contributed by atoms with Crippen molar-refractivity contribution in [3.63, 3.8) is 0 Å². The smallest absolute Gasteiger partial charge is 0.118 e. The number of aromatic hydroxyl groups is 2. The van der Waals surface area contributed by atoms with Crippen molar-refractivity contribution in [3.8, 4) is 11.5 Å². The van der Waals surface area contributed by atoms with Gasteiger partial charge < -0.3 is 10.2 Å². The van der Waals surface area contributed by atoms with Gasteiger partial charge in [0.2, 0.25) is 0 Å². The Kier molecular flexibility index (Phi) is 5.94. The number of rotatable bonds is 2. The van der Waals surface area contributed by atoms with Crippen LogP contribution in [0, 0.1) is 6.92 Å². The molecular formula is C17H22O2. The average Bonchev–Trinajstić information content (AvgIpc) is 2.43. The van der Waals surface area contributed by atoms with E-state index in [4.69, 9.17) is 5.11 Å². The van der Waals surface area contributed by atoms with Crippen LogP contribution in [-0.4, -0.2) is 10.2 Å². The van der Waals surface area contributed by atoms with Gasteiger partial charge in [-0.25, -0.2) is 0 Å². The van der Waals surface area contributed by atoms with Gasteiger partial charge in [0.15, 0.2) is 0 Å². The lowest BCUT2D eigenvalue weighted by Gasteiger charge is -2.00. The predicted molar refractivity (Wildman–Crippen MR) is 79.7 cm³/mol. The SMILES string of the molecule is CCc1cc(C)ccc1O.CCc1ccccc1O. The van der Waals surface area contributed by atoms with E-state index in [1.165, 1.54) is 5.56 Å². The zero-order valence-electron chi connectivity index (χ0n) is 11.9. The Balaban J connectivity index is 0.000000191. The summed E-state index contributed by atoms with van der Waals surface area (Å²) in [6.45, 7) is 6.09. The van der Waals surface area contributed by atoms with Crippen LogP contribution in [0.25, 0.3) is 0 Å². The van der Waals surface area contributed by atoms with Crippen molar-refractivity contribution in [2.24, 2.45) is 0 Å². The summed E-state index contributed by atoms with van der Waals surface area (Å²) >= 11 is 0. The minimum absolute atomic E-state index is 0.403. The van der Waals surface area contributed by atoms with Crippen LogP contribution < -0.4 is 0 Å². The highest BCUT2D eigenvalue weighted by molar-refractivity contribution is 5.35. The fourth-order valence-electron chi connectivity index (χ4n) is 1.81. The van der Waals surface area contributed by atoms with Crippen molar-refractivity contribution in [3.05, 3.63) is 59.2 Å². The largest absolute Gasteiger partial charge is 0.508 e. The monoisotopic (exact) mass is 258 g/mol. The Hall–Kier alpha value is -1.96. The molecule has 0 unspecified atom stereocenters. The summed E-state index contributed by atoms with van der Waals surface area (Å²) in [5.41, 5.74) is 3.24. The molecule has 0 atom stereocenters. The highest BCUT2D eigenvalue weighted by Crippen LogP contribution is 2.18. The van der Waals surface area contributed by atoms with Gasteiger partial charge in [-0.3, -0.25) is 0 Å². The van der Waals surface area contributed by atoms with E-state index in [1.54, 1.807) is 12.1 Å². The minimum atomic E-state index is 0.403. The van der Waals surface area contributed by atoms with Crippen molar-refractivity contribution >= 4 is 0 Å². The molecule has 0 radical (unpaired) electrons. The van der Waals surface area contributed by atoms with Gasteiger partial charge in [0.1, 0.15) is 11.5 Å². The van der Waals surface area contributed by atoms with Gasteiger partial charge >= 0.3 is 0 Å². The van der Waals surface area contributed by atoms with Gasteiger partial charge in [-0.2, -0.15) is 0 Å². The maximum atomic E-state index is 9.23. The molecule has 102 valence electrons. The quantitative estimate of drug-likeness (QED) is 0.846. The molecule has 2 aromatic carbocycles. The molecule has 19 heavy (non-hydrogen) atoms. The molecule has 0 saturated heterocycles.